The van der Waals surface area contributed by atoms with Crippen molar-refractivity contribution < 1.29 is 10.0 Å². The van der Waals surface area contributed by atoms with E-state index < -0.39 is 7.12 Å². The Morgan fingerprint density at radius 2 is 1.44 bits per heavy atom. The molecule has 0 radical (unpaired) electrons. The molecular weight excluding hydrogens is 203 g/mol. The summed E-state index contributed by atoms with van der Waals surface area (Å²) in [5.74, 6) is 0. The second-order valence-electron chi connectivity index (χ2n) is 3.36. The number of hydrogen-bond donors (Lipinski definition) is 3. The van der Waals surface area contributed by atoms with Gasteiger partial charge >= 0.3 is 7.12 Å². The first-order valence-electron chi connectivity index (χ1n) is 4.89. The molecule has 0 aliphatic rings. The van der Waals surface area contributed by atoms with E-state index in [9.17, 15) is 0 Å². The van der Waals surface area contributed by atoms with Crippen LogP contribution < -0.4 is 10.8 Å². The van der Waals surface area contributed by atoms with Crippen molar-refractivity contribution >= 4 is 24.0 Å². The van der Waals surface area contributed by atoms with Crippen LogP contribution in [0.4, 0.5) is 11.4 Å². The van der Waals surface area contributed by atoms with Gasteiger partial charge in [0.15, 0.2) is 0 Å². The fraction of sp³-hybridized carbons (Fsp3) is 0. The minimum Gasteiger partial charge on any atom is -0.423 e. The van der Waals surface area contributed by atoms with Crippen molar-refractivity contribution in [3.8, 4) is 0 Å². The Kier molecular flexibility index (Phi) is 3.19. The molecule has 3 N–H and O–H groups in total. The fourth-order valence-electron chi connectivity index (χ4n) is 1.34. The maximum atomic E-state index is 8.93. The second kappa shape index (κ2) is 4.78. The fourth-order valence-corrected chi connectivity index (χ4v) is 1.34. The van der Waals surface area contributed by atoms with Gasteiger partial charge in [-0.1, -0.05) is 12.1 Å². The van der Waals surface area contributed by atoms with Crippen molar-refractivity contribution in [2.45, 2.75) is 0 Å². The summed E-state index contributed by atoms with van der Waals surface area (Å²) in [4.78, 5) is 3.92. The molecule has 2 rings (SSSR count). The molecule has 1 aromatic carbocycles. The molecule has 0 aliphatic carbocycles. The van der Waals surface area contributed by atoms with Gasteiger partial charge in [-0.15, -0.1) is 0 Å². The largest absolute Gasteiger partial charge is 0.488 e. The molecule has 0 atom stereocenters. The molecule has 0 amide bonds. The van der Waals surface area contributed by atoms with Gasteiger partial charge in [-0.2, -0.15) is 0 Å². The molecule has 80 valence electrons. The van der Waals surface area contributed by atoms with Gasteiger partial charge in [-0.25, -0.2) is 0 Å². The molecule has 2 aromatic rings. The molecular formula is C11H11BN2O2. The molecule has 1 heterocycles. The van der Waals surface area contributed by atoms with E-state index in [1.54, 1.807) is 36.7 Å². The predicted octanol–water partition coefficient (Wildman–Crippen LogP) is 0.505. The topological polar surface area (TPSA) is 65.4 Å². The van der Waals surface area contributed by atoms with Crippen molar-refractivity contribution in [1.29, 1.82) is 0 Å². The Bertz CT molecular complexity index is 445. The highest BCUT2D eigenvalue weighted by molar-refractivity contribution is 6.58. The molecule has 4 nitrogen and oxygen atoms in total. The van der Waals surface area contributed by atoms with E-state index in [1.807, 2.05) is 12.1 Å². The molecule has 1 aromatic heterocycles. The monoisotopic (exact) mass is 214 g/mol. The third kappa shape index (κ3) is 2.59. The molecule has 16 heavy (non-hydrogen) atoms. The van der Waals surface area contributed by atoms with E-state index >= 15 is 0 Å². The second-order valence-corrected chi connectivity index (χ2v) is 3.36. The van der Waals surface area contributed by atoms with E-state index in [2.05, 4.69) is 10.3 Å². The quantitative estimate of drug-likeness (QED) is 0.651. The van der Waals surface area contributed by atoms with Crippen LogP contribution in [0.3, 0.4) is 0 Å². The lowest BCUT2D eigenvalue weighted by atomic mass is 9.80. The summed E-state index contributed by atoms with van der Waals surface area (Å²) in [7, 11) is -1.42. The van der Waals surface area contributed by atoms with Gasteiger partial charge in [0.2, 0.25) is 0 Å². The van der Waals surface area contributed by atoms with Crippen LogP contribution in [0.15, 0.2) is 48.8 Å². The van der Waals surface area contributed by atoms with E-state index in [4.69, 9.17) is 10.0 Å². The van der Waals surface area contributed by atoms with Crippen LogP contribution in [0, 0.1) is 0 Å². The number of pyridine rings is 1. The summed E-state index contributed by atoms with van der Waals surface area (Å²) in [6.45, 7) is 0. The summed E-state index contributed by atoms with van der Waals surface area (Å²) < 4.78 is 0. The molecule has 0 bridgehead atoms. The van der Waals surface area contributed by atoms with Gasteiger partial charge in [0.05, 0.1) is 0 Å². The van der Waals surface area contributed by atoms with E-state index in [0.29, 0.717) is 5.46 Å². The Morgan fingerprint density at radius 1 is 0.875 bits per heavy atom. The molecule has 0 saturated carbocycles. The summed E-state index contributed by atoms with van der Waals surface area (Å²) in [5, 5.41) is 21.0. The van der Waals surface area contributed by atoms with Gasteiger partial charge in [0.25, 0.3) is 0 Å². The minimum absolute atomic E-state index is 0.472. The molecule has 0 aliphatic heterocycles. The summed E-state index contributed by atoms with van der Waals surface area (Å²) in [6.07, 6.45) is 3.41. The standard InChI is InChI=1S/C11H11BN2O2/c15-12(16)9-1-3-10(4-2-9)14-11-5-7-13-8-6-11/h1-8,15-16H,(H,13,14). The van der Waals surface area contributed by atoms with E-state index in [-0.39, 0.29) is 0 Å². The van der Waals surface area contributed by atoms with Crippen molar-refractivity contribution in [3.05, 3.63) is 48.8 Å². The normalized spacial score (nSPS) is 9.88. The lowest BCUT2D eigenvalue weighted by molar-refractivity contribution is 0.426. The number of nitrogens with zero attached hydrogens (tertiary/aromatic N) is 1. The lowest BCUT2D eigenvalue weighted by Gasteiger charge is -2.06. The van der Waals surface area contributed by atoms with E-state index in [1.165, 1.54) is 0 Å². The maximum Gasteiger partial charge on any atom is 0.488 e. The Labute approximate surface area is 93.7 Å². The van der Waals surface area contributed by atoms with Crippen molar-refractivity contribution in [2.24, 2.45) is 0 Å². The zero-order valence-corrected chi connectivity index (χ0v) is 8.54. The zero-order chi connectivity index (χ0) is 11.4. The van der Waals surface area contributed by atoms with Gasteiger partial charge in [-0.05, 0) is 29.7 Å². The van der Waals surface area contributed by atoms with Crippen molar-refractivity contribution in [2.75, 3.05) is 5.32 Å². The first-order valence-corrected chi connectivity index (χ1v) is 4.89. The number of hydrogen-bond acceptors (Lipinski definition) is 4. The number of rotatable bonds is 3. The van der Waals surface area contributed by atoms with Crippen molar-refractivity contribution in [1.82, 2.24) is 4.98 Å². The molecule has 0 unspecified atom stereocenters. The summed E-state index contributed by atoms with van der Waals surface area (Å²) in [6, 6.07) is 10.6. The van der Waals surface area contributed by atoms with Gasteiger partial charge in [0.1, 0.15) is 0 Å². The van der Waals surface area contributed by atoms with Crippen LogP contribution in [-0.2, 0) is 0 Å². The van der Waals surface area contributed by atoms with Gasteiger partial charge in [0, 0.05) is 23.8 Å². The Hall–Kier alpha value is -1.85. The third-order valence-corrected chi connectivity index (χ3v) is 2.18. The molecule has 0 fully saturated rings. The highest BCUT2D eigenvalue weighted by atomic mass is 16.4. The number of nitrogens with one attached hydrogen (secondary N) is 1. The van der Waals surface area contributed by atoms with Crippen LogP contribution in [0.2, 0.25) is 0 Å². The number of aromatic nitrogens is 1. The smallest absolute Gasteiger partial charge is 0.423 e. The minimum atomic E-state index is -1.42. The average molecular weight is 214 g/mol. The van der Waals surface area contributed by atoms with Gasteiger partial charge < -0.3 is 15.4 Å². The van der Waals surface area contributed by atoms with Crippen LogP contribution in [0.1, 0.15) is 0 Å². The predicted molar refractivity (Wildman–Crippen MR) is 63.8 cm³/mol. The Balaban J connectivity index is 2.11. The molecule has 5 heteroatoms. The highest BCUT2D eigenvalue weighted by Crippen LogP contribution is 2.13. The van der Waals surface area contributed by atoms with Crippen LogP contribution >= 0.6 is 0 Å². The van der Waals surface area contributed by atoms with Gasteiger partial charge in [-0.3, -0.25) is 4.98 Å². The average Bonchev–Trinajstić information content (AvgIpc) is 2.31. The third-order valence-electron chi connectivity index (χ3n) is 2.18. The summed E-state index contributed by atoms with van der Waals surface area (Å²) >= 11 is 0. The van der Waals surface area contributed by atoms with Crippen molar-refractivity contribution in [3.63, 3.8) is 0 Å². The SMILES string of the molecule is OB(O)c1ccc(Nc2ccncc2)cc1. The first kappa shape index (κ1) is 10.7. The maximum absolute atomic E-state index is 8.93. The number of benzene rings is 1. The zero-order valence-electron chi connectivity index (χ0n) is 8.54. The molecule has 0 saturated heterocycles. The number of anilines is 2. The Morgan fingerprint density at radius 3 is 2.00 bits per heavy atom. The molecule has 0 spiro atoms. The van der Waals surface area contributed by atoms with Crippen LogP contribution in [0.25, 0.3) is 0 Å². The highest BCUT2D eigenvalue weighted by Gasteiger charge is 2.09. The lowest BCUT2D eigenvalue weighted by Crippen LogP contribution is -2.29. The summed E-state index contributed by atoms with van der Waals surface area (Å²) in [5.41, 5.74) is 2.29. The first-order chi connectivity index (χ1) is 7.75. The van der Waals surface area contributed by atoms with Crippen LogP contribution in [0.5, 0.6) is 0 Å². The van der Waals surface area contributed by atoms with E-state index in [0.717, 1.165) is 11.4 Å². The van der Waals surface area contributed by atoms with Crippen LogP contribution in [-0.4, -0.2) is 22.2 Å².